The number of hydrogen-bond donors (Lipinski definition) is 1. The molecule has 0 bridgehead atoms. The van der Waals surface area contributed by atoms with Crippen molar-refractivity contribution >= 4 is 16.0 Å². The number of carbonyl (C=O) groups excluding carboxylic acids is 1. The summed E-state index contributed by atoms with van der Waals surface area (Å²) in [7, 11) is -3.73. The molecule has 0 saturated carbocycles. The second kappa shape index (κ2) is 8.67. The summed E-state index contributed by atoms with van der Waals surface area (Å²) >= 11 is 0. The van der Waals surface area contributed by atoms with Gasteiger partial charge in [-0.05, 0) is 71.1 Å². The molecule has 0 aliphatic heterocycles. The van der Waals surface area contributed by atoms with Crippen LogP contribution in [-0.4, -0.2) is 20.0 Å². The van der Waals surface area contributed by atoms with Crippen molar-refractivity contribution in [1.29, 1.82) is 0 Å². The van der Waals surface area contributed by atoms with Crippen LogP contribution in [0.3, 0.4) is 0 Å². The Morgan fingerprint density at radius 2 is 1.71 bits per heavy atom. The van der Waals surface area contributed by atoms with E-state index in [-0.39, 0.29) is 16.3 Å². The van der Waals surface area contributed by atoms with E-state index < -0.39 is 21.0 Å². The molecule has 156 valence electrons. The quantitative estimate of drug-likeness (QED) is 0.564. The second-order valence-electron chi connectivity index (χ2n) is 9.60. The maximum absolute atomic E-state index is 12.5. The van der Waals surface area contributed by atoms with Gasteiger partial charge in [0.1, 0.15) is 5.60 Å². The van der Waals surface area contributed by atoms with E-state index in [1.54, 1.807) is 12.1 Å². The summed E-state index contributed by atoms with van der Waals surface area (Å²) in [6.45, 7) is 13.6. The van der Waals surface area contributed by atoms with Crippen LogP contribution in [0, 0.1) is 22.7 Å². The van der Waals surface area contributed by atoms with Gasteiger partial charge in [-0.2, -0.15) is 0 Å². The van der Waals surface area contributed by atoms with Crippen molar-refractivity contribution in [3.8, 4) is 11.8 Å². The second-order valence-corrected chi connectivity index (χ2v) is 11.2. The molecule has 0 unspecified atom stereocenters. The first-order valence-corrected chi connectivity index (χ1v) is 10.9. The van der Waals surface area contributed by atoms with Crippen molar-refractivity contribution in [2.75, 3.05) is 0 Å². The van der Waals surface area contributed by atoms with Crippen LogP contribution in [0.5, 0.6) is 0 Å². The molecule has 0 radical (unpaired) electrons. The first-order valence-electron chi connectivity index (χ1n) is 9.37. The van der Waals surface area contributed by atoms with Gasteiger partial charge in [0.2, 0.25) is 10.0 Å². The molecule has 1 aromatic rings. The lowest BCUT2D eigenvalue weighted by atomic mass is 9.73. The molecule has 0 aliphatic carbocycles. The lowest BCUT2D eigenvalue weighted by Gasteiger charge is -2.35. The average Bonchev–Trinajstić information content (AvgIpc) is 2.48. The highest BCUT2D eigenvalue weighted by atomic mass is 32.2. The van der Waals surface area contributed by atoms with Crippen LogP contribution in [0.15, 0.2) is 29.2 Å². The molecule has 1 rings (SSSR count). The number of sulfonamides is 1. The van der Waals surface area contributed by atoms with E-state index in [9.17, 15) is 13.2 Å². The smallest absolute Gasteiger partial charge is 0.312 e. The van der Waals surface area contributed by atoms with Gasteiger partial charge in [0.05, 0.1) is 10.3 Å². The number of primary sulfonamides is 1. The number of carbonyl (C=O) groups is 1. The predicted molar refractivity (Wildman–Crippen MR) is 112 cm³/mol. The Labute approximate surface area is 170 Å². The topological polar surface area (TPSA) is 86.5 Å². The Bertz CT molecular complexity index is 866. The highest BCUT2D eigenvalue weighted by Crippen LogP contribution is 2.38. The zero-order valence-electron chi connectivity index (χ0n) is 18.0. The monoisotopic (exact) mass is 407 g/mol. The highest BCUT2D eigenvalue weighted by Gasteiger charge is 2.37. The van der Waals surface area contributed by atoms with Crippen molar-refractivity contribution in [3.63, 3.8) is 0 Å². The summed E-state index contributed by atoms with van der Waals surface area (Å²) < 4.78 is 28.4. The fourth-order valence-electron chi connectivity index (χ4n) is 3.09. The third-order valence-corrected chi connectivity index (χ3v) is 5.11. The molecule has 0 amide bonds. The molecular formula is C22H33NO4S. The van der Waals surface area contributed by atoms with Gasteiger partial charge in [-0.15, -0.1) is 0 Å². The van der Waals surface area contributed by atoms with E-state index in [0.29, 0.717) is 18.4 Å². The van der Waals surface area contributed by atoms with Crippen molar-refractivity contribution in [3.05, 3.63) is 29.8 Å². The van der Waals surface area contributed by atoms with Gasteiger partial charge in [-0.25, -0.2) is 13.6 Å². The third kappa shape index (κ3) is 8.45. The average molecular weight is 408 g/mol. The van der Waals surface area contributed by atoms with Crippen LogP contribution in [0.1, 0.15) is 73.3 Å². The molecule has 0 fully saturated rings. The summed E-state index contributed by atoms with van der Waals surface area (Å²) in [5.74, 6) is 5.88. The van der Waals surface area contributed by atoms with E-state index in [1.165, 1.54) is 12.1 Å². The summed E-state index contributed by atoms with van der Waals surface area (Å²) in [5, 5.41) is 5.15. The van der Waals surface area contributed by atoms with Crippen LogP contribution >= 0.6 is 0 Å². The number of esters is 1. The Balaban J connectivity index is 2.73. The van der Waals surface area contributed by atoms with Crippen molar-refractivity contribution in [2.24, 2.45) is 16.0 Å². The Morgan fingerprint density at radius 1 is 1.11 bits per heavy atom. The van der Waals surface area contributed by atoms with Gasteiger partial charge < -0.3 is 4.74 Å². The van der Waals surface area contributed by atoms with Crippen LogP contribution in [0.25, 0.3) is 0 Å². The van der Waals surface area contributed by atoms with Crippen molar-refractivity contribution < 1.29 is 17.9 Å². The van der Waals surface area contributed by atoms with Gasteiger partial charge >= 0.3 is 5.97 Å². The van der Waals surface area contributed by atoms with E-state index in [4.69, 9.17) is 9.88 Å². The summed E-state index contributed by atoms with van der Waals surface area (Å²) in [6.07, 6.45) is 2.12. The molecule has 0 saturated heterocycles. The van der Waals surface area contributed by atoms with E-state index in [0.717, 1.165) is 6.42 Å². The molecule has 0 atom stereocenters. The zero-order chi connectivity index (χ0) is 21.8. The standard InChI is InChI=1S/C22H33NO4S/c1-20(2,3)27-19(24)22(6,7)16-21(4,5)14-9-8-11-17-12-10-13-18(15-17)28(23,25)26/h10,12-13,15H,9,14,16H2,1-7H3,(H2,23,25,26). The minimum atomic E-state index is -3.73. The predicted octanol–water partition coefficient (Wildman–Crippen LogP) is 4.25. The number of hydrogen-bond acceptors (Lipinski definition) is 4. The molecule has 5 nitrogen and oxygen atoms in total. The largest absolute Gasteiger partial charge is 0.460 e. The molecule has 0 spiro atoms. The van der Waals surface area contributed by atoms with Crippen molar-refractivity contribution in [2.45, 2.75) is 78.2 Å². The van der Waals surface area contributed by atoms with Gasteiger partial charge in [-0.3, -0.25) is 4.79 Å². The third-order valence-electron chi connectivity index (χ3n) is 4.19. The highest BCUT2D eigenvalue weighted by molar-refractivity contribution is 7.89. The fraction of sp³-hybridized carbons (Fsp3) is 0.591. The van der Waals surface area contributed by atoms with Gasteiger partial charge in [-0.1, -0.05) is 31.8 Å². The molecule has 28 heavy (non-hydrogen) atoms. The number of benzene rings is 1. The summed E-state index contributed by atoms with van der Waals surface area (Å²) in [4.78, 5) is 12.5. The Kier molecular flexibility index (Phi) is 7.49. The van der Waals surface area contributed by atoms with Gasteiger partial charge in [0, 0.05) is 12.0 Å². The van der Waals surface area contributed by atoms with Crippen LogP contribution in [-0.2, 0) is 19.6 Å². The lowest BCUT2D eigenvalue weighted by Crippen LogP contribution is -2.36. The SMILES string of the molecule is CC(C)(CCC#Cc1cccc(S(N)(=O)=O)c1)CC(C)(C)C(=O)OC(C)(C)C. The Morgan fingerprint density at radius 3 is 2.25 bits per heavy atom. The summed E-state index contributed by atoms with van der Waals surface area (Å²) in [6, 6.07) is 6.29. The molecule has 0 aliphatic rings. The summed E-state index contributed by atoms with van der Waals surface area (Å²) in [5.41, 5.74) is -0.584. The van der Waals surface area contributed by atoms with Crippen LogP contribution < -0.4 is 5.14 Å². The first kappa shape index (κ1) is 24.2. The molecule has 6 heteroatoms. The van der Waals surface area contributed by atoms with Crippen LogP contribution in [0.2, 0.25) is 0 Å². The van der Waals surface area contributed by atoms with Crippen molar-refractivity contribution in [1.82, 2.24) is 0 Å². The van der Waals surface area contributed by atoms with Crippen LogP contribution in [0.4, 0.5) is 0 Å². The van der Waals surface area contributed by atoms with Gasteiger partial charge in [0.15, 0.2) is 0 Å². The molecule has 0 heterocycles. The first-order chi connectivity index (χ1) is 12.5. The zero-order valence-corrected chi connectivity index (χ0v) is 18.9. The lowest BCUT2D eigenvalue weighted by molar-refractivity contribution is -0.167. The molecule has 2 N–H and O–H groups in total. The number of ether oxygens (including phenoxy) is 1. The molecule has 1 aromatic carbocycles. The maximum atomic E-state index is 12.5. The van der Waals surface area contributed by atoms with E-state index in [1.807, 2.05) is 34.6 Å². The minimum absolute atomic E-state index is 0.0544. The fourth-order valence-corrected chi connectivity index (χ4v) is 3.65. The maximum Gasteiger partial charge on any atom is 0.312 e. The number of nitrogens with two attached hydrogens (primary N) is 1. The van der Waals surface area contributed by atoms with E-state index >= 15 is 0 Å². The normalized spacial score (nSPS) is 12.9. The van der Waals surface area contributed by atoms with E-state index in [2.05, 4.69) is 25.7 Å². The molecular weight excluding hydrogens is 374 g/mol. The molecule has 0 aromatic heterocycles. The number of rotatable bonds is 6. The Hall–Kier alpha value is -1.84. The minimum Gasteiger partial charge on any atom is -0.460 e. The van der Waals surface area contributed by atoms with Gasteiger partial charge in [0.25, 0.3) is 0 Å².